The van der Waals surface area contributed by atoms with E-state index in [0.717, 1.165) is 48.0 Å². The van der Waals surface area contributed by atoms with Crippen molar-refractivity contribution in [2.45, 2.75) is 37.4 Å². The molecule has 3 heterocycles. The van der Waals surface area contributed by atoms with Gasteiger partial charge in [-0.05, 0) is 56.2 Å². The van der Waals surface area contributed by atoms with Gasteiger partial charge in [-0.3, -0.25) is 4.98 Å². The number of nitrogens with zero attached hydrogens (tertiary/aromatic N) is 2. The van der Waals surface area contributed by atoms with Crippen molar-refractivity contribution in [2.75, 3.05) is 38.2 Å². The second-order valence-electron chi connectivity index (χ2n) is 7.98. The summed E-state index contributed by atoms with van der Waals surface area (Å²) in [7, 11) is 1.48. The highest BCUT2D eigenvalue weighted by Gasteiger charge is 2.37. The van der Waals surface area contributed by atoms with Gasteiger partial charge in [0.25, 0.3) is 0 Å². The Hall–Kier alpha value is -1.53. The van der Waals surface area contributed by atoms with Gasteiger partial charge in [-0.1, -0.05) is 0 Å². The van der Waals surface area contributed by atoms with Crippen molar-refractivity contribution >= 4 is 29.2 Å². The predicted molar refractivity (Wildman–Crippen MR) is 112 cm³/mol. The second-order valence-corrected chi connectivity index (χ2v) is 8.71. The van der Waals surface area contributed by atoms with Crippen molar-refractivity contribution in [1.82, 2.24) is 10.3 Å². The number of methoxy groups -OCH3 is 1. The summed E-state index contributed by atoms with van der Waals surface area (Å²) in [5.41, 5.74) is 2.34. The first kappa shape index (κ1) is 18.8. The predicted octanol–water partition coefficient (Wildman–Crippen LogP) is 4.04. The van der Waals surface area contributed by atoms with Crippen molar-refractivity contribution in [3.05, 3.63) is 30.2 Å². The van der Waals surface area contributed by atoms with Crippen molar-refractivity contribution in [1.29, 1.82) is 0 Å². The Morgan fingerprint density at radius 1 is 1.26 bits per heavy atom. The molecule has 1 spiro atoms. The van der Waals surface area contributed by atoms with E-state index in [-0.39, 0.29) is 11.6 Å². The minimum absolute atomic E-state index is 0.247. The standard InChI is InChI=1S/C18H22FN3O.C3H6S/c1-23-17-11-15-13(10-14(17)19)16(2-6-21-15)22-8-4-18(5-9-22)3-7-20-12-18;4-3-1-2-3/h2,6,10-11,20H,3-5,7-9,12H2,1H3;3-4H,1-2H2. The first-order valence-electron chi connectivity index (χ1n) is 9.86. The molecule has 5 rings (SSSR count). The van der Waals surface area contributed by atoms with E-state index in [4.69, 9.17) is 4.74 Å². The molecule has 0 unspecified atom stereocenters. The summed E-state index contributed by atoms with van der Waals surface area (Å²) in [6, 6.07) is 5.23. The summed E-state index contributed by atoms with van der Waals surface area (Å²) >= 11 is 4.08. The van der Waals surface area contributed by atoms with E-state index in [1.807, 2.05) is 6.07 Å². The lowest BCUT2D eigenvalue weighted by Gasteiger charge is -2.40. The van der Waals surface area contributed by atoms with Gasteiger partial charge in [-0.2, -0.15) is 12.6 Å². The lowest BCUT2D eigenvalue weighted by atomic mass is 9.77. The number of hydrogen-bond donors (Lipinski definition) is 2. The molecular weight excluding hydrogens is 361 g/mol. The summed E-state index contributed by atoms with van der Waals surface area (Å²) < 4.78 is 19.2. The SMILES string of the molecule is COc1cc2nccc(N3CCC4(CCNC4)CC3)c2cc1F.SC1CC1. The number of hydrogen-bond acceptors (Lipinski definition) is 5. The fourth-order valence-corrected chi connectivity index (χ4v) is 4.23. The van der Waals surface area contributed by atoms with Gasteiger partial charge in [0, 0.05) is 48.2 Å². The summed E-state index contributed by atoms with van der Waals surface area (Å²) in [6.45, 7) is 4.33. The van der Waals surface area contributed by atoms with Gasteiger partial charge in [0.1, 0.15) is 0 Å². The highest BCUT2D eigenvalue weighted by atomic mass is 32.1. The number of nitrogens with one attached hydrogen (secondary N) is 1. The Morgan fingerprint density at radius 3 is 2.59 bits per heavy atom. The van der Waals surface area contributed by atoms with Crippen molar-refractivity contribution in [3.8, 4) is 5.75 Å². The van der Waals surface area contributed by atoms with E-state index < -0.39 is 0 Å². The maximum Gasteiger partial charge on any atom is 0.165 e. The maximum absolute atomic E-state index is 14.1. The Kier molecular flexibility index (Phi) is 5.46. The number of anilines is 1. The van der Waals surface area contributed by atoms with Crippen LogP contribution in [0.5, 0.6) is 5.75 Å². The van der Waals surface area contributed by atoms with E-state index in [1.165, 1.54) is 39.2 Å². The van der Waals surface area contributed by atoms with Gasteiger partial charge < -0.3 is 15.0 Å². The van der Waals surface area contributed by atoms with Crippen LogP contribution in [0.1, 0.15) is 32.1 Å². The molecule has 1 saturated carbocycles. The third-order valence-electron chi connectivity index (χ3n) is 6.04. The molecule has 0 bridgehead atoms. The lowest BCUT2D eigenvalue weighted by Crippen LogP contribution is -2.41. The van der Waals surface area contributed by atoms with E-state index in [9.17, 15) is 4.39 Å². The number of pyridine rings is 1. The molecular formula is C21H28FN3OS. The molecule has 4 nitrogen and oxygen atoms in total. The number of piperidine rings is 1. The molecule has 0 radical (unpaired) electrons. The number of fused-ring (bicyclic) bond motifs is 1. The van der Waals surface area contributed by atoms with Gasteiger partial charge in [-0.25, -0.2) is 4.39 Å². The average Bonchev–Trinajstić information content (AvgIpc) is 3.34. The molecule has 6 heteroatoms. The summed E-state index contributed by atoms with van der Waals surface area (Å²) in [5.74, 6) is -0.0838. The van der Waals surface area contributed by atoms with Gasteiger partial charge in [0.2, 0.25) is 0 Å². The van der Waals surface area contributed by atoms with Crippen LogP contribution >= 0.6 is 12.6 Å². The van der Waals surface area contributed by atoms with Gasteiger partial charge in [0.15, 0.2) is 11.6 Å². The zero-order valence-corrected chi connectivity index (χ0v) is 16.8. The number of aromatic nitrogens is 1. The molecule has 2 saturated heterocycles. The van der Waals surface area contributed by atoms with Crippen molar-refractivity contribution < 1.29 is 9.13 Å². The third kappa shape index (κ3) is 4.16. The molecule has 3 fully saturated rings. The van der Waals surface area contributed by atoms with Gasteiger partial charge in [0.05, 0.1) is 12.6 Å². The normalized spacial score (nSPS) is 21.2. The molecule has 1 aromatic heterocycles. The molecule has 1 N–H and O–H groups in total. The Bertz CT molecular complexity index is 795. The summed E-state index contributed by atoms with van der Waals surface area (Å²) in [4.78, 5) is 6.75. The van der Waals surface area contributed by atoms with E-state index in [0.29, 0.717) is 5.41 Å². The van der Waals surface area contributed by atoms with Crippen LogP contribution in [0.3, 0.4) is 0 Å². The molecule has 0 atom stereocenters. The quantitative estimate of drug-likeness (QED) is 0.760. The van der Waals surface area contributed by atoms with Crippen LogP contribution in [0.2, 0.25) is 0 Å². The number of ether oxygens (including phenoxy) is 1. The smallest absolute Gasteiger partial charge is 0.165 e. The minimum Gasteiger partial charge on any atom is -0.494 e. The molecule has 0 amide bonds. The zero-order chi connectivity index (χ0) is 18.9. The first-order chi connectivity index (χ1) is 13.1. The molecule has 27 heavy (non-hydrogen) atoms. The monoisotopic (exact) mass is 389 g/mol. The van der Waals surface area contributed by atoms with Gasteiger partial charge >= 0.3 is 0 Å². The molecule has 1 aromatic carbocycles. The number of thiol groups is 1. The first-order valence-corrected chi connectivity index (χ1v) is 10.4. The topological polar surface area (TPSA) is 37.4 Å². The lowest BCUT2D eigenvalue weighted by molar-refractivity contribution is 0.247. The van der Waals surface area contributed by atoms with E-state index >= 15 is 0 Å². The molecule has 2 aliphatic heterocycles. The van der Waals surface area contributed by atoms with E-state index in [2.05, 4.69) is 27.8 Å². The highest BCUT2D eigenvalue weighted by molar-refractivity contribution is 7.81. The molecule has 2 aromatic rings. The van der Waals surface area contributed by atoms with Crippen LogP contribution in [0, 0.1) is 11.2 Å². The van der Waals surface area contributed by atoms with E-state index in [1.54, 1.807) is 18.3 Å². The Balaban J connectivity index is 0.000000400. The number of rotatable bonds is 2. The van der Waals surface area contributed by atoms with Crippen LogP contribution in [-0.2, 0) is 0 Å². The van der Waals surface area contributed by atoms with Crippen molar-refractivity contribution in [3.63, 3.8) is 0 Å². The maximum atomic E-state index is 14.1. The minimum atomic E-state index is -0.331. The van der Waals surface area contributed by atoms with Gasteiger partial charge in [-0.15, -0.1) is 0 Å². The van der Waals surface area contributed by atoms with Crippen LogP contribution < -0.4 is 15.0 Å². The largest absolute Gasteiger partial charge is 0.494 e. The van der Waals surface area contributed by atoms with Crippen molar-refractivity contribution in [2.24, 2.45) is 5.41 Å². The molecule has 1 aliphatic carbocycles. The fraction of sp³-hybridized carbons (Fsp3) is 0.571. The number of halogens is 1. The zero-order valence-electron chi connectivity index (χ0n) is 15.9. The van der Waals surface area contributed by atoms with Crippen LogP contribution in [-0.4, -0.2) is 43.5 Å². The summed E-state index contributed by atoms with van der Waals surface area (Å²) in [6.07, 6.45) is 8.18. The average molecular weight is 390 g/mol. The highest BCUT2D eigenvalue weighted by Crippen LogP contribution is 2.39. The summed E-state index contributed by atoms with van der Waals surface area (Å²) in [5, 5.41) is 5.14. The molecule has 146 valence electrons. The number of benzene rings is 1. The van der Waals surface area contributed by atoms with Crippen LogP contribution in [0.15, 0.2) is 24.4 Å². The Labute approximate surface area is 165 Å². The third-order valence-corrected chi connectivity index (χ3v) is 6.55. The van der Waals surface area contributed by atoms with Crippen LogP contribution in [0.4, 0.5) is 10.1 Å². The second kappa shape index (κ2) is 7.84. The Morgan fingerprint density at radius 2 is 2.00 bits per heavy atom. The van der Waals surface area contributed by atoms with Crippen LogP contribution in [0.25, 0.3) is 10.9 Å². The fourth-order valence-electron chi connectivity index (χ4n) is 4.08. The molecule has 3 aliphatic rings.